The second-order valence-corrected chi connectivity index (χ2v) is 9.06. The number of nitrogens with one attached hydrogen (secondary N) is 2. The molecule has 9 nitrogen and oxygen atoms in total. The van der Waals surface area contributed by atoms with Gasteiger partial charge >= 0.3 is 6.03 Å². The van der Waals surface area contributed by atoms with Crippen LogP contribution in [0.2, 0.25) is 0 Å². The number of amides is 5. The molecule has 0 aromatic heterocycles. The average molecular weight is 578 g/mol. The third-order valence-corrected chi connectivity index (χ3v) is 6.22. The Labute approximate surface area is 227 Å². The molecule has 3 aromatic rings. The second kappa shape index (κ2) is 11.7. The lowest BCUT2D eigenvalue weighted by Crippen LogP contribution is -2.54. The van der Waals surface area contributed by atoms with Crippen LogP contribution < -0.4 is 25.0 Å². The third-order valence-electron chi connectivity index (χ3n) is 5.54. The van der Waals surface area contributed by atoms with Crippen molar-refractivity contribution in [3.8, 4) is 11.5 Å². The number of urea groups is 1. The Hall–Kier alpha value is -4.44. The lowest BCUT2D eigenvalue weighted by atomic mass is 10.1. The zero-order valence-corrected chi connectivity index (χ0v) is 22.2. The molecule has 3 aromatic carbocycles. The summed E-state index contributed by atoms with van der Waals surface area (Å²) in [6, 6.07) is 18.2. The number of imide groups is 2. The number of nitrogens with zero attached hydrogens (tertiary/aromatic N) is 1. The van der Waals surface area contributed by atoms with Gasteiger partial charge < -0.3 is 14.8 Å². The van der Waals surface area contributed by atoms with Crippen molar-refractivity contribution in [3.63, 3.8) is 0 Å². The van der Waals surface area contributed by atoms with Crippen molar-refractivity contribution in [3.05, 3.63) is 87.9 Å². The highest BCUT2D eigenvalue weighted by Crippen LogP contribution is 2.35. The van der Waals surface area contributed by atoms with Gasteiger partial charge in [0.15, 0.2) is 18.1 Å². The lowest BCUT2D eigenvalue weighted by Gasteiger charge is -2.27. The number of carbonyl (C=O) groups excluding carboxylic acids is 4. The molecule has 0 atom stereocenters. The van der Waals surface area contributed by atoms with Crippen molar-refractivity contribution < 1.29 is 28.7 Å². The van der Waals surface area contributed by atoms with Crippen LogP contribution in [0.5, 0.6) is 11.5 Å². The molecule has 0 radical (unpaired) electrons. The van der Waals surface area contributed by atoms with Crippen molar-refractivity contribution in [1.82, 2.24) is 5.32 Å². The van der Waals surface area contributed by atoms with Gasteiger partial charge in [0.25, 0.3) is 17.7 Å². The van der Waals surface area contributed by atoms with Crippen LogP contribution >= 0.6 is 15.9 Å². The van der Waals surface area contributed by atoms with Crippen LogP contribution in [-0.4, -0.2) is 37.0 Å². The molecule has 1 aliphatic heterocycles. The van der Waals surface area contributed by atoms with Crippen LogP contribution in [0.4, 0.5) is 16.2 Å². The zero-order valence-electron chi connectivity index (χ0n) is 20.6. The molecular formula is C28H24BrN3O6. The monoisotopic (exact) mass is 577 g/mol. The smallest absolute Gasteiger partial charge is 0.335 e. The predicted molar refractivity (Wildman–Crippen MR) is 146 cm³/mol. The molecule has 1 saturated heterocycles. The maximum absolute atomic E-state index is 13.3. The number of para-hydroxylation sites is 2. The van der Waals surface area contributed by atoms with Crippen LogP contribution in [0.25, 0.3) is 6.08 Å². The highest BCUT2D eigenvalue weighted by molar-refractivity contribution is 9.10. The van der Waals surface area contributed by atoms with Crippen LogP contribution in [0.1, 0.15) is 18.1 Å². The van der Waals surface area contributed by atoms with Gasteiger partial charge in [-0.25, -0.2) is 9.69 Å². The Bertz CT molecular complexity index is 1440. The molecule has 1 fully saturated rings. The Balaban J connectivity index is 1.60. The molecule has 2 N–H and O–H groups in total. The Morgan fingerprint density at radius 3 is 2.39 bits per heavy atom. The van der Waals surface area contributed by atoms with Crippen molar-refractivity contribution in [1.29, 1.82) is 0 Å². The number of ether oxygens (including phenoxy) is 2. The standard InChI is InChI=1S/C28H24BrN3O6/c1-3-37-23-14-18(21(29)15-24(23)38-16-25(33)30-19-10-5-4-6-11-19)13-20-26(34)31-28(36)32(27(20)35)22-12-8-7-9-17(22)2/h4-15H,3,16H2,1-2H3,(H,30,33)(H,31,34,36)/b20-13+. The normalized spacial score (nSPS) is 14.3. The van der Waals surface area contributed by atoms with Crippen molar-refractivity contribution in [2.45, 2.75) is 13.8 Å². The highest BCUT2D eigenvalue weighted by Gasteiger charge is 2.37. The molecule has 10 heteroatoms. The van der Waals surface area contributed by atoms with Gasteiger partial charge in [-0.2, -0.15) is 0 Å². The largest absolute Gasteiger partial charge is 0.490 e. The van der Waals surface area contributed by atoms with E-state index < -0.39 is 17.8 Å². The number of carbonyl (C=O) groups is 4. The molecule has 38 heavy (non-hydrogen) atoms. The number of benzene rings is 3. The fourth-order valence-corrected chi connectivity index (χ4v) is 4.19. The van der Waals surface area contributed by atoms with Crippen LogP contribution in [0.15, 0.2) is 76.8 Å². The van der Waals surface area contributed by atoms with Gasteiger partial charge in [0, 0.05) is 10.2 Å². The van der Waals surface area contributed by atoms with Gasteiger partial charge in [0.2, 0.25) is 0 Å². The zero-order chi connectivity index (χ0) is 27.2. The number of hydrogen-bond acceptors (Lipinski definition) is 6. The summed E-state index contributed by atoms with van der Waals surface area (Å²) in [6.07, 6.45) is 1.37. The van der Waals surface area contributed by atoms with E-state index in [0.29, 0.717) is 45.1 Å². The van der Waals surface area contributed by atoms with Crippen molar-refractivity contribution in [2.75, 3.05) is 23.4 Å². The minimum absolute atomic E-state index is 0.230. The van der Waals surface area contributed by atoms with E-state index in [2.05, 4.69) is 26.6 Å². The first kappa shape index (κ1) is 26.6. The van der Waals surface area contributed by atoms with E-state index in [-0.39, 0.29) is 18.1 Å². The number of barbiturate groups is 1. The number of anilines is 2. The molecule has 4 rings (SSSR count). The van der Waals surface area contributed by atoms with Crippen LogP contribution in [0, 0.1) is 6.92 Å². The Morgan fingerprint density at radius 2 is 1.68 bits per heavy atom. The number of rotatable bonds is 8. The predicted octanol–water partition coefficient (Wildman–Crippen LogP) is 4.84. The maximum atomic E-state index is 13.3. The Kier molecular flexibility index (Phi) is 8.22. The molecule has 5 amide bonds. The second-order valence-electron chi connectivity index (χ2n) is 8.20. The SMILES string of the molecule is CCOc1cc(/C=C2\C(=O)NC(=O)N(c3ccccc3C)C2=O)c(Br)cc1OCC(=O)Nc1ccccc1. The van der Waals surface area contributed by atoms with E-state index in [0.717, 1.165) is 4.90 Å². The lowest BCUT2D eigenvalue weighted by molar-refractivity contribution is -0.122. The fraction of sp³-hybridized carbons (Fsp3) is 0.143. The topological polar surface area (TPSA) is 114 Å². The van der Waals surface area contributed by atoms with Crippen LogP contribution in [0.3, 0.4) is 0 Å². The molecule has 0 bridgehead atoms. The maximum Gasteiger partial charge on any atom is 0.335 e. The molecule has 0 aliphatic carbocycles. The summed E-state index contributed by atoms with van der Waals surface area (Å²) in [5.41, 5.74) is 1.92. The summed E-state index contributed by atoms with van der Waals surface area (Å²) in [7, 11) is 0. The Morgan fingerprint density at radius 1 is 1.00 bits per heavy atom. The molecule has 1 heterocycles. The van der Waals surface area contributed by atoms with Crippen molar-refractivity contribution in [2.24, 2.45) is 0 Å². The van der Waals surface area contributed by atoms with Gasteiger partial charge in [0.05, 0.1) is 12.3 Å². The average Bonchev–Trinajstić information content (AvgIpc) is 2.89. The van der Waals surface area contributed by atoms with Crippen molar-refractivity contribution >= 4 is 57.1 Å². The van der Waals surface area contributed by atoms with E-state index in [4.69, 9.17) is 9.47 Å². The van der Waals surface area contributed by atoms with Gasteiger partial charge in [-0.05, 0) is 61.4 Å². The van der Waals surface area contributed by atoms with E-state index in [1.165, 1.54) is 6.08 Å². The molecule has 1 aliphatic rings. The summed E-state index contributed by atoms with van der Waals surface area (Å²) in [4.78, 5) is 51.7. The molecule has 194 valence electrons. The van der Waals surface area contributed by atoms with Gasteiger partial charge in [-0.1, -0.05) is 52.3 Å². The number of aryl methyl sites for hydroxylation is 1. The summed E-state index contributed by atoms with van der Waals surface area (Å²) in [5, 5.41) is 4.96. The molecular weight excluding hydrogens is 554 g/mol. The summed E-state index contributed by atoms with van der Waals surface area (Å²) in [5.74, 6) is -1.32. The van der Waals surface area contributed by atoms with Gasteiger partial charge in [-0.3, -0.25) is 19.7 Å². The summed E-state index contributed by atoms with van der Waals surface area (Å²) < 4.78 is 11.9. The number of hydrogen-bond donors (Lipinski definition) is 2. The van der Waals surface area contributed by atoms with Crippen LogP contribution in [-0.2, 0) is 14.4 Å². The molecule has 0 saturated carbocycles. The van der Waals surface area contributed by atoms with Gasteiger partial charge in [-0.15, -0.1) is 0 Å². The fourth-order valence-electron chi connectivity index (χ4n) is 3.75. The molecule has 0 spiro atoms. The summed E-state index contributed by atoms with van der Waals surface area (Å²) >= 11 is 3.44. The highest BCUT2D eigenvalue weighted by atomic mass is 79.9. The minimum atomic E-state index is -0.821. The molecule has 0 unspecified atom stereocenters. The first-order valence-corrected chi connectivity index (χ1v) is 12.5. The van der Waals surface area contributed by atoms with E-state index >= 15 is 0 Å². The van der Waals surface area contributed by atoms with Gasteiger partial charge in [0.1, 0.15) is 5.57 Å². The first-order valence-electron chi connectivity index (χ1n) is 11.7. The minimum Gasteiger partial charge on any atom is -0.490 e. The summed E-state index contributed by atoms with van der Waals surface area (Å²) in [6.45, 7) is 3.59. The third kappa shape index (κ3) is 5.92. The van der Waals surface area contributed by atoms with E-state index in [1.807, 2.05) is 18.2 Å². The number of halogens is 1. The quantitative estimate of drug-likeness (QED) is 0.292. The van der Waals surface area contributed by atoms with E-state index in [9.17, 15) is 19.2 Å². The van der Waals surface area contributed by atoms with E-state index in [1.54, 1.807) is 62.4 Å². The first-order chi connectivity index (χ1) is 18.3.